The molecule has 1 aromatic rings. The Bertz CT molecular complexity index is 437. The fourth-order valence-corrected chi connectivity index (χ4v) is 1.85. The number of hydrogen-bond donors (Lipinski definition) is 2. The van der Waals surface area contributed by atoms with Crippen LogP contribution in [0.3, 0.4) is 0 Å². The second kappa shape index (κ2) is 6.70. The lowest BCUT2D eigenvalue weighted by Gasteiger charge is -2.17. The van der Waals surface area contributed by atoms with Crippen LogP contribution in [0.1, 0.15) is 37.7 Å². The summed E-state index contributed by atoms with van der Waals surface area (Å²) < 4.78 is 1.87. The van der Waals surface area contributed by atoms with Crippen LogP contribution in [0.5, 0.6) is 0 Å². The summed E-state index contributed by atoms with van der Waals surface area (Å²) in [6, 6.07) is 0.205. The summed E-state index contributed by atoms with van der Waals surface area (Å²) in [6.07, 6.45) is 0. The molecule has 0 fully saturated rings. The van der Waals surface area contributed by atoms with Crippen molar-refractivity contribution in [3.63, 3.8) is 0 Å². The Labute approximate surface area is 115 Å². The molecule has 0 aliphatic carbocycles. The highest BCUT2D eigenvalue weighted by Crippen LogP contribution is 2.10. The zero-order valence-electron chi connectivity index (χ0n) is 12.9. The van der Waals surface area contributed by atoms with Gasteiger partial charge in [0.2, 0.25) is 5.91 Å². The molecule has 0 spiro atoms. The summed E-state index contributed by atoms with van der Waals surface area (Å²) in [5.74, 6) is 0.493. The molecule has 0 aromatic carbocycles. The van der Waals surface area contributed by atoms with E-state index in [4.69, 9.17) is 0 Å². The second-order valence-electron chi connectivity index (χ2n) is 5.48. The van der Waals surface area contributed by atoms with Crippen molar-refractivity contribution in [1.29, 1.82) is 0 Å². The number of nitrogens with zero attached hydrogens (tertiary/aromatic N) is 2. The molecule has 5 heteroatoms. The first-order valence-corrected chi connectivity index (χ1v) is 6.82. The van der Waals surface area contributed by atoms with Gasteiger partial charge in [-0.2, -0.15) is 5.10 Å². The molecule has 1 amide bonds. The number of nitrogens with one attached hydrogen (secondary N) is 2. The minimum atomic E-state index is 0.0420. The molecule has 1 atom stereocenters. The Morgan fingerprint density at radius 1 is 1.32 bits per heavy atom. The zero-order valence-corrected chi connectivity index (χ0v) is 12.9. The smallest absolute Gasteiger partial charge is 0.234 e. The maximum Gasteiger partial charge on any atom is 0.234 e. The van der Waals surface area contributed by atoms with Gasteiger partial charge in [0.05, 0.1) is 12.2 Å². The second-order valence-corrected chi connectivity index (χ2v) is 5.48. The Morgan fingerprint density at radius 2 is 1.95 bits per heavy atom. The van der Waals surface area contributed by atoms with Gasteiger partial charge in [-0.1, -0.05) is 13.8 Å². The highest BCUT2D eigenvalue weighted by molar-refractivity contribution is 5.78. The molecule has 0 bridgehead atoms. The SMILES string of the molecule is Cc1nn(C)c(C)c1CNCC(=O)NC(C)C(C)C. The number of amides is 1. The van der Waals surface area contributed by atoms with E-state index in [-0.39, 0.29) is 11.9 Å². The molecule has 2 N–H and O–H groups in total. The standard InChI is InChI=1S/C14H26N4O/c1-9(2)10(3)16-14(19)8-15-7-13-11(4)17-18(6)12(13)5/h9-10,15H,7-8H2,1-6H3,(H,16,19). The van der Waals surface area contributed by atoms with Crippen LogP contribution in [0.15, 0.2) is 0 Å². The van der Waals surface area contributed by atoms with Gasteiger partial charge in [-0.3, -0.25) is 9.48 Å². The van der Waals surface area contributed by atoms with Crippen molar-refractivity contribution in [3.05, 3.63) is 17.0 Å². The highest BCUT2D eigenvalue weighted by Gasteiger charge is 2.12. The third-order valence-electron chi connectivity index (χ3n) is 3.63. The van der Waals surface area contributed by atoms with Crippen molar-refractivity contribution in [2.24, 2.45) is 13.0 Å². The van der Waals surface area contributed by atoms with Crippen LogP contribution >= 0.6 is 0 Å². The largest absolute Gasteiger partial charge is 0.352 e. The topological polar surface area (TPSA) is 59.0 Å². The summed E-state index contributed by atoms with van der Waals surface area (Å²) in [4.78, 5) is 11.7. The third kappa shape index (κ3) is 4.35. The van der Waals surface area contributed by atoms with Crippen molar-refractivity contribution in [3.8, 4) is 0 Å². The monoisotopic (exact) mass is 266 g/mol. The lowest BCUT2D eigenvalue weighted by molar-refractivity contribution is -0.121. The van der Waals surface area contributed by atoms with Crippen LogP contribution in [0.25, 0.3) is 0 Å². The summed E-state index contributed by atoms with van der Waals surface area (Å²) in [5, 5.41) is 10.5. The molecule has 0 aliphatic rings. The maximum atomic E-state index is 11.7. The van der Waals surface area contributed by atoms with Crippen LogP contribution in [0, 0.1) is 19.8 Å². The van der Waals surface area contributed by atoms with E-state index < -0.39 is 0 Å². The molecule has 19 heavy (non-hydrogen) atoms. The van der Waals surface area contributed by atoms with Crippen LogP contribution in [-0.2, 0) is 18.4 Å². The summed E-state index contributed by atoms with van der Waals surface area (Å²) >= 11 is 0. The molecule has 0 saturated heterocycles. The summed E-state index contributed by atoms with van der Waals surface area (Å²) in [6.45, 7) is 11.3. The first kappa shape index (κ1) is 15.7. The van der Waals surface area contributed by atoms with Crippen molar-refractivity contribution < 1.29 is 4.79 Å². The van der Waals surface area contributed by atoms with Gasteiger partial charge in [0.1, 0.15) is 0 Å². The fraction of sp³-hybridized carbons (Fsp3) is 0.714. The van der Waals surface area contributed by atoms with Gasteiger partial charge in [0.25, 0.3) is 0 Å². The predicted octanol–water partition coefficient (Wildman–Crippen LogP) is 1.29. The predicted molar refractivity (Wildman–Crippen MR) is 76.8 cm³/mol. The average Bonchev–Trinajstić information content (AvgIpc) is 2.55. The van der Waals surface area contributed by atoms with E-state index in [1.54, 1.807) is 0 Å². The molecule has 1 rings (SSSR count). The first-order chi connectivity index (χ1) is 8.82. The molecule has 5 nitrogen and oxygen atoms in total. The highest BCUT2D eigenvalue weighted by atomic mass is 16.1. The molecule has 0 radical (unpaired) electrons. The molecule has 1 aromatic heterocycles. The fourth-order valence-electron chi connectivity index (χ4n) is 1.85. The van der Waals surface area contributed by atoms with E-state index >= 15 is 0 Å². The van der Waals surface area contributed by atoms with E-state index in [1.807, 2.05) is 32.5 Å². The molecular formula is C14H26N4O. The molecule has 0 saturated carbocycles. The number of carbonyl (C=O) groups excluding carboxylic acids is 1. The normalized spacial score (nSPS) is 12.8. The third-order valence-corrected chi connectivity index (χ3v) is 3.63. The van der Waals surface area contributed by atoms with E-state index in [0.29, 0.717) is 19.0 Å². The zero-order chi connectivity index (χ0) is 14.6. The molecular weight excluding hydrogens is 240 g/mol. The molecule has 1 heterocycles. The van der Waals surface area contributed by atoms with E-state index in [2.05, 4.69) is 29.6 Å². The minimum absolute atomic E-state index is 0.0420. The van der Waals surface area contributed by atoms with Crippen LogP contribution in [-0.4, -0.2) is 28.3 Å². The Morgan fingerprint density at radius 3 is 2.42 bits per heavy atom. The number of rotatable bonds is 6. The lowest BCUT2D eigenvalue weighted by Crippen LogP contribution is -2.41. The van der Waals surface area contributed by atoms with Gasteiger partial charge in [0.15, 0.2) is 0 Å². The van der Waals surface area contributed by atoms with Crippen LogP contribution < -0.4 is 10.6 Å². The Hall–Kier alpha value is -1.36. The first-order valence-electron chi connectivity index (χ1n) is 6.82. The Kier molecular flexibility index (Phi) is 5.54. The number of hydrogen-bond acceptors (Lipinski definition) is 3. The number of aromatic nitrogens is 2. The van der Waals surface area contributed by atoms with Crippen molar-refractivity contribution in [1.82, 2.24) is 20.4 Å². The minimum Gasteiger partial charge on any atom is -0.352 e. The molecule has 108 valence electrons. The molecule has 0 aliphatic heterocycles. The number of aryl methyl sites for hydroxylation is 2. The van der Waals surface area contributed by atoms with Gasteiger partial charge in [-0.15, -0.1) is 0 Å². The van der Waals surface area contributed by atoms with Gasteiger partial charge in [-0.05, 0) is 26.7 Å². The van der Waals surface area contributed by atoms with Gasteiger partial charge in [0, 0.05) is 30.9 Å². The van der Waals surface area contributed by atoms with Crippen molar-refractivity contribution >= 4 is 5.91 Å². The van der Waals surface area contributed by atoms with E-state index in [0.717, 1.165) is 11.4 Å². The van der Waals surface area contributed by atoms with Crippen molar-refractivity contribution in [2.45, 2.75) is 47.2 Å². The summed E-state index contributed by atoms with van der Waals surface area (Å²) in [7, 11) is 1.93. The van der Waals surface area contributed by atoms with E-state index in [1.165, 1.54) is 5.56 Å². The van der Waals surface area contributed by atoms with Crippen LogP contribution in [0.4, 0.5) is 0 Å². The molecule has 1 unspecified atom stereocenters. The maximum absolute atomic E-state index is 11.7. The lowest BCUT2D eigenvalue weighted by atomic mass is 10.1. The quantitative estimate of drug-likeness (QED) is 0.815. The van der Waals surface area contributed by atoms with E-state index in [9.17, 15) is 4.79 Å². The van der Waals surface area contributed by atoms with Gasteiger partial charge >= 0.3 is 0 Å². The van der Waals surface area contributed by atoms with Crippen LogP contribution in [0.2, 0.25) is 0 Å². The van der Waals surface area contributed by atoms with Crippen molar-refractivity contribution in [2.75, 3.05) is 6.54 Å². The summed E-state index contributed by atoms with van der Waals surface area (Å²) in [5.41, 5.74) is 3.33. The Balaban J connectivity index is 2.40. The van der Waals surface area contributed by atoms with Gasteiger partial charge in [-0.25, -0.2) is 0 Å². The number of carbonyl (C=O) groups is 1. The average molecular weight is 266 g/mol. The van der Waals surface area contributed by atoms with Gasteiger partial charge < -0.3 is 10.6 Å².